The second-order valence-corrected chi connectivity index (χ2v) is 18.3. The molecule has 0 aliphatic carbocycles. The lowest BCUT2D eigenvalue weighted by atomic mass is 10.0. The van der Waals surface area contributed by atoms with Crippen molar-refractivity contribution in [2.45, 2.75) is 114 Å². The molecule has 0 spiro atoms. The molecule has 3 aromatic carbocycles. The van der Waals surface area contributed by atoms with Crippen molar-refractivity contribution in [2.24, 2.45) is 18.5 Å². The highest BCUT2D eigenvalue weighted by Crippen LogP contribution is 2.39. The zero-order valence-corrected chi connectivity index (χ0v) is 40.1. The Morgan fingerprint density at radius 3 is 2.29 bits per heavy atom. The van der Waals surface area contributed by atoms with E-state index in [4.69, 9.17) is 30.4 Å². The molecule has 7 rings (SSSR count). The Bertz CT molecular complexity index is 2580. The number of fused-ring (bicyclic) bond motifs is 1. The minimum absolute atomic E-state index is 0.0583. The maximum absolute atomic E-state index is 13.8. The largest absolute Gasteiger partial charge is 0.379 e. The summed E-state index contributed by atoms with van der Waals surface area (Å²) in [7, 11) is 1.68. The number of carbonyl (C=O) groups excluding carboxylic acids is 6. The molecule has 376 valence electrons. The summed E-state index contributed by atoms with van der Waals surface area (Å²) in [5.74, 6) is -2.06. The molecule has 0 saturated carbocycles. The number of hydrogen-bond donors (Lipinski definition) is 5. The number of nitrogens with one attached hydrogen (secondary N) is 3. The van der Waals surface area contributed by atoms with Gasteiger partial charge in [0.05, 0.1) is 67.9 Å². The molecule has 3 aliphatic rings. The first kappa shape index (κ1) is 51.6. The Morgan fingerprint density at radius 2 is 1.53 bits per heavy atom. The van der Waals surface area contributed by atoms with Gasteiger partial charge in [-0.3, -0.25) is 48.1 Å². The summed E-state index contributed by atoms with van der Waals surface area (Å²) in [5, 5.41) is 8.28. The number of nitrogens with zero attached hydrogens (tertiary/aromatic N) is 3. The Hall–Kier alpha value is -6.25. The topological polar surface area (TPSA) is 258 Å². The van der Waals surface area contributed by atoms with Crippen molar-refractivity contribution in [2.75, 3.05) is 51.1 Å². The molecule has 1 fully saturated rings. The lowest BCUT2D eigenvalue weighted by Crippen LogP contribution is -2.55. The molecule has 4 aromatic rings. The normalized spacial score (nSPS) is 18.6. The average Bonchev–Trinajstić information content (AvgIpc) is 3.81. The first-order valence-corrected chi connectivity index (χ1v) is 24.3. The third-order valence-electron chi connectivity index (χ3n) is 13.3. The van der Waals surface area contributed by atoms with Crippen LogP contribution >= 0.6 is 0 Å². The van der Waals surface area contributed by atoms with E-state index in [2.05, 4.69) is 16.0 Å². The average molecular weight is 967 g/mol. The number of carbonyl (C=O) groups is 6. The molecular weight excluding hydrogens is 901 g/mol. The molecule has 1 aromatic heterocycles. The smallest absolute Gasteiger partial charge is 0.329 e. The van der Waals surface area contributed by atoms with Crippen LogP contribution in [-0.4, -0.2) is 115 Å². The fraction of sp³-hybridized carbons (Fsp3) is 0.510. The molecule has 4 heterocycles. The van der Waals surface area contributed by atoms with Crippen LogP contribution in [0.15, 0.2) is 65.5 Å². The van der Waals surface area contributed by atoms with E-state index in [1.807, 2.05) is 67.6 Å². The molecular formula is C51H66N8O11. The van der Waals surface area contributed by atoms with Crippen molar-refractivity contribution in [1.29, 1.82) is 0 Å². The highest BCUT2D eigenvalue weighted by molar-refractivity contribution is 6.07. The molecule has 6 amide bonds. The summed E-state index contributed by atoms with van der Waals surface area (Å²) < 4.78 is 26.0. The third kappa shape index (κ3) is 13.1. The number of piperidine rings is 1. The molecule has 19 nitrogen and oxygen atoms in total. The predicted octanol–water partition coefficient (Wildman–Crippen LogP) is 1.94. The monoisotopic (exact) mass is 966 g/mol. The van der Waals surface area contributed by atoms with E-state index < -0.39 is 42.1 Å². The van der Waals surface area contributed by atoms with Crippen LogP contribution < -0.4 is 38.0 Å². The molecule has 0 bridgehead atoms. The van der Waals surface area contributed by atoms with Gasteiger partial charge in [-0.15, -0.1) is 0 Å². The van der Waals surface area contributed by atoms with E-state index in [1.54, 1.807) is 11.9 Å². The number of primary amides is 1. The lowest BCUT2D eigenvalue weighted by Gasteiger charge is -2.30. The standard InChI is InChI=1S/C51H66N8O11/c1-32(39(17-20-44(53)60)55-49(64)43-29-37-9-3-8-36-15-16-38(52)50(65)59(43)47(36)37)70-30-35-12-10-33(11-13-35)6-4-22-54-46(62)31-69-27-26-68-25-24-67-23-5-7-34-14-18-40-42(28-34)57(2)51(66)58(40)41-19-21-45(61)56-48(41)63/h3,8-14,18,28,32,38-39,41,43H,4-7,15-17,19-27,29-31,52H2,1-2H3,(H2,53,60)(H,54,62)(H,55,64)(H,56,61,63)/t32-,38+,39+,41?,43+/m1/s1. The number of nitrogens with two attached hydrogens (primary N) is 2. The summed E-state index contributed by atoms with van der Waals surface area (Å²) in [4.78, 5) is 89.9. The quantitative estimate of drug-likeness (QED) is 0.0447. The number of imide groups is 1. The number of aryl methyl sites for hydroxylation is 4. The van der Waals surface area contributed by atoms with Crippen LogP contribution in [0.5, 0.6) is 0 Å². The van der Waals surface area contributed by atoms with Crippen LogP contribution in [0.3, 0.4) is 0 Å². The molecule has 1 saturated heterocycles. The molecule has 19 heteroatoms. The van der Waals surface area contributed by atoms with Crippen molar-refractivity contribution in [3.05, 3.63) is 99.0 Å². The van der Waals surface area contributed by atoms with Crippen molar-refractivity contribution in [3.63, 3.8) is 0 Å². The third-order valence-corrected chi connectivity index (χ3v) is 13.3. The number of amides is 6. The van der Waals surface area contributed by atoms with Crippen LogP contribution in [0.4, 0.5) is 5.69 Å². The van der Waals surface area contributed by atoms with Crippen LogP contribution in [-0.2, 0) is 87.1 Å². The number of anilines is 1. The second kappa shape index (κ2) is 24.5. The van der Waals surface area contributed by atoms with Gasteiger partial charge in [-0.05, 0) is 98.2 Å². The van der Waals surface area contributed by atoms with Crippen LogP contribution in [0.1, 0.15) is 85.7 Å². The van der Waals surface area contributed by atoms with Gasteiger partial charge in [-0.25, -0.2) is 4.79 Å². The number of rotatable bonds is 26. The van der Waals surface area contributed by atoms with E-state index in [-0.39, 0.29) is 74.8 Å². The Morgan fingerprint density at radius 1 is 0.829 bits per heavy atom. The van der Waals surface area contributed by atoms with E-state index in [0.717, 1.165) is 64.7 Å². The summed E-state index contributed by atoms with van der Waals surface area (Å²) in [6, 6.07) is 16.9. The van der Waals surface area contributed by atoms with Crippen molar-refractivity contribution in [3.8, 4) is 0 Å². The molecule has 7 N–H and O–H groups in total. The zero-order chi connectivity index (χ0) is 49.7. The fourth-order valence-corrected chi connectivity index (χ4v) is 9.36. The summed E-state index contributed by atoms with van der Waals surface area (Å²) in [6.45, 7) is 4.48. The zero-order valence-electron chi connectivity index (χ0n) is 40.1. The van der Waals surface area contributed by atoms with Gasteiger partial charge in [0.15, 0.2) is 0 Å². The Kier molecular flexibility index (Phi) is 18.1. The van der Waals surface area contributed by atoms with E-state index in [0.29, 0.717) is 57.8 Å². The van der Waals surface area contributed by atoms with E-state index in [9.17, 15) is 33.6 Å². The van der Waals surface area contributed by atoms with Gasteiger partial charge in [-0.2, -0.15) is 0 Å². The minimum Gasteiger partial charge on any atom is -0.379 e. The Balaban J connectivity index is 0.722. The van der Waals surface area contributed by atoms with Crippen LogP contribution in [0, 0.1) is 0 Å². The van der Waals surface area contributed by atoms with Gasteiger partial charge in [0.1, 0.15) is 18.7 Å². The van der Waals surface area contributed by atoms with Gasteiger partial charge in [0.2, 0.25) is 35.4 Å². The maximum Gasteiger partial charge on any atom is 0.329 e. The van der Waals surface area contributed by atoms with Gasteiger partial charge in [-0.1, -0.05) is 48.5 Å². The van der Waals surface area contributed by atoms with Gasteiger partial charge in [0, 0.05) is 39.5 Å². The fourth-order valence-electron chi connectivity index (χ4n) is 9.36. The Labute approximate surface area is 406 Å². The van der Waals surface area contributed by atoms with Gasteiger partial charge < -0.3 is 41.0 Å². The number of ether oxygens (including phenoxy) is 4. The molecule has 3 aliphatic heterocycles. The molecule has 1 unspecified atom stereocenters. The number of para-hydroxylation sites is 1. The van der Waals surface area contributed by atoms with Gasteiger partial charge >= 0.3 is 5.69 Å². The van der Waals surface area contributed by atoms with E-state index in [1.165, 1.54) is 9.13 Å². The number of aromatic nitrogens is 2. The van der Waals surface area contributed by atoms with Crippen LogP contribution in [0.2, 0.25) is 0 Å². The highest BCUT2D eigenvalue weighted by Gasteiger charge is 2.43. The van der Waals surface area contributed by atoms with E-state index >= 15 is 0 Å². The summed E-state index contributed by atoms with van der Waals surface area (Å²) in [6.07, 6.45) is 4.89. The van der Waals surface area contributed by atoms with Crippen molar-refractivity contribution < 1.29 is 47.7 Å². The second-order valence-electron chi connectivity index (χ2n) is 18.3. The lowest BCUT2D eigenvalue weighted by molar-refractivity contribution is -0.136. The number of benzene rings is 3. The van der Waals surface area contributed by atoms with Gasteiger partial charge in [0.25, 0.3) is 0 Å². The summed E-state index contributed by atoms with van der Waals surface area (Å²) >= 11 is 0. The van der Waals surface area contributed by atoms with Crippen LogP contribution in [0.25, 0.3) is 11.0 Å². The maximum atomic E-state index is 13.8. The number of hydrogen-bond acceptors (Lipinski definition) is 12. The first-order chi connectivity index (χ1) is 33.8. The van der Waals surface area contributed by atoms with Crippen molar-refractivity contribution in [1.82, 2.24) is 25.1 Å². The first-order valence-electron chi connectivity index (χ1n) is 24.3. The minimum atomic E-state index is -0.756. The highest BCUT2D eigenvalue weighted by atomic mass is 16.5. The molecule has 70 heavy (non-hydrogen) atoms. The molecule has 0 radical (unpaired) electrons. The number of imidazole rings is 1. The SMILES string of the molecule is C[C@@H](OCc1ccc(CCCNC(=O)COCCOCCOCCCc2ccc3c(c2)n(C)c(=O)n3C2CCC(=O)NC2=O)cc1)[C@H](CCC(N)=O)NC(=O)[C@@H]1Cc2cccc3c2N1C(=O)[C@@H](N)CC3. The summed E-state index contributed by atoms with van der Waals surface area (Å²) in [5.41, 5.74) is 18.6. The predicted molar refractivity (Wildman–Crippen MR) is 259 cm³/mol. The molecule has 5 atom stereocenters. The van der Waals surface area contributed by atoms with Crippen molar-refractivity contribution >= 4 is 52.2 Å².